The van der Waals surface area contributed by atoms with Gasteiger partial charge in [0.1, 0.15) is 6.07 Å². The number of rotatable bonds is 1. The molecule has 0 bridgehead atoms. The smallest absolute Gasteiger partial charge is 0.192 e. The Morgan fingerprint density at radius 3 is 2.50 bits per heavy atom. The molecule has 1 aliphatic rings. The molecule has 0 aromatic heterocycles. The van der Waals surface area contributed by atoms with Gasteiger partial charge in [-0.05, 0) is 23.8 Å². The molecule has 1 unspecified atom stereocenters. The van der Waals surface area contributed by atoms with Crippen molar-refractivity contribution in [3.8, 4) is 6.07 Å². The van der Waals surface area contributed by atoms with E-state index in [9.17, 15) is 13.2 Å². The SMILES string of the molecule is N#Cc1ccc(C2(C(F)(F)F)C=CN=N2)cc1S. The average molecular weight is 269 g/mol. The van der Waals surface area contributed by atoms with E-state index < -0.39 is 11.7 Å². The molecule has 0 amide bonds. The maximum absolute atomic E-state index is 13.1. The summed E-state index contributed by atoms with van der Waals surface area (Å²) in [4.78, 5) is 0.175. The average Bonchev–Trinajstić information content (AvgIpc) is 2.78. The Kier molecular flexibility index (Phi) is 2.91. The lowest BCUT2D eigenvalue weighted by Gasteiger charge is -2.26. The lowest BCUT2D eigenvalue weighted by molar-refractivity contribution is -0.174. The lowest BCUT2D eigenvalue weighted by Crippen LogP contribution is -2.37. The zero-order valence-electron chi connectivity index (χ0n) is 8.81. The van der Waals surface area contributed by atoms with Gasteiger partial charge in [-0.1, -0.05) is 6.07 Å². The molecule has 0 saturated heterocycles. The summed E-state index contributed by atoms with van der Waals surface area (Å²) in [6.45, 7) is 0. The monoisotopic (exact) mass is 269 g/mol. The predicted octanol–water partition coefficient (Wildman–Crippen LogP) is 3.58. The second-order valence-electron chi connectivity index (χ2n) is 3.64. The first-order chi connectivity index (χ1) is 8.40. The van der Waals surface area contributed by atoms with Gasteiger partial charge in [-0.15, -0.1) is 12.6 Å². The number of azo groups is 1. The van der Waals surface area contributed by atoms with Gasteiger partial charge in [0.2, 0.25) is 5.54 Å². The third-order valence-corrected chi connectivity index (χ3v) is 2.96. The summed E-state index contributed by atoms with van der Waals surface area (Å²) in [6.07, 6.45) is -2.72. The third-order valence-electron chi connectivity index (χ3n) is 2.59. The van der Waals surface area contributed by atoms with Gasteiger partial charge in [-0.25, -0.2) is 0 Å². The molecule has 0 fully saturated rings. The molecular weight excluding hydrogens is 263 g/mol. The number of hydrogen-bond donors (Lipinski definition) is 1. The van der Waals surface area contributed by atoms with Crippen LogP contribution in [0.1, 0.15) is 11.1 Å². The molecule has 1 heterocycles. The Morgan fingerprint density at radius 1 is 1.33 bits per heavy atom. The minimum Gasteiger partial charge on any atom is -0.192 e. The molecule has 1 atom stereocenters. The summed E-state index contributed by atoms with van der Waals surface area (Å²) in [7, 11) is 0. The molecule has 1 aromatic carbocycles. The van der Waals surface area contributed by atoms with E-state index in [1.807, 2.05) is 6.07 Å². The number of thiol groups is 1. The van der Waals surface area contributed by atoms with Crippen molar-refractivity contribution in [1.29, 1.82) is 5.26 Å². The van der Waals surface area contributed by atoms with Crippen molar-refractivity contribution in [3.63, 3.8) is 0 Å². The van der Waals surface area contributed by atoms with Crippen LogP contribution >= 0.6 is 12.6 Å². The van der Waals surface area contributed by atoms with Gasteiger partial charge in [0.25, 0.3) is 0 Å². The van der Waals surface area contributed by atoms with Gasteiger partial charge in [0.15, 0.2) is 0 Å². The molecular formula is C11H6F3N3S. The van der Waals surface area contributed by atoms with Crippen LogP contribution in [0, 0.1) is 11.3 Å². The Labute approximate surface area is 106 Å². The minimum absolute atomic E-state index is 0.114. The van der Waals surface area contributed by atoms with Crippen molar-refractivity contribution in [2.24, 2.45) is 10.2 Å². The number of benzene rings is 1. The number of hydrogen-bond acceptors (Lipinski definition) is 4. The fourth-order valence-corrected chi connectivity index (χ4v) is 1.89. The predicted molar refractivity (Wildman–Crippen MR) is 60.1 cm³/mol. The van der Waals surface area contributed by atoms with Crippen molar-refractivity contribution in [2.75, 3.05) is 0 Å². The topological polar surface area (TPSA) is 48.5 Å². The van der Waals surface area contributed by atoms with Crippen LogP contribution in [-0.4, -0.2) is 6.18 Å². The van der Waals surface area contributed by atoms with Crippen LogP contribution in [-0.2, 0) is 5.54 Å². The van der Waals surface area contributed by atoms with Crippen molar-refractivity contribution in [2.45, 2.75) is 16.6 Å². The van der Waals surface area contributed by atoms with E-state index in [4.69, 9.17) is 5.26 Å². The summed E-state index contributed by atoms with van der Waals surface area (Å²) in [6, 6.07) is 5.51. The highest BCUT2D eigenvalue weighted by Crippen LogP contribution is 2.46. The van der Waals surface area contributed by atoms with E-state index in [1.165, 1.54) is 18.2 Å². The van der Waals surface area contributed by atoms with Crippen LogP contribution < -0.4 is 0 Å². The van der Waals surface area contributed by atoms with Gasteiger partial charge in [0, 0.05) is 11.1 Å². The van der Waals surface area contributed by atoms with E-state index >= 15 is 0 Å². The molecule has 7 heteroatoms. The normalized spacial score (nSPS) is 22.2. The fourth-order valence-electron chi connectivity index (χ4n) is 1.63. The minimum atomic E-state index is -4.60. The van der Waals surface area contributed by atoms with Crippen molar-refractivity contribution < 1.29 is 13.2 Å². The first-order valence-electron chi connectivity index (χ1n) is 4.81. The lowest BCUT2D eigenvalue weighted by atomic mass is 9.90. The second kappa shape index (κ2) is 4.14. The highest BCUT2D eigenvalue weighted by atomic mass is 32.1. The van der Waals surface area contributed by atoms with Gasteiger partial charge in [0.05, 0.1) is 5.56 Å². The Hall–Kier alpha value is -1.81. The van der Waals surface area contributed by atoms with Crippen LogP contribution in [0.25, 0.3) is 0 Å². The zero-order chi connectivity index (χ0) is 13.4. The third kappa shape index (κ3) is 1.78. The summed E-state index contributed by atoms with van der Waals surface area (Å²) in [5.74, 6) is 0. The first kappa shape index (κ1) is 12.6. The second-order valence-corrected chi connectivity index (χ2v) is 4.12. The van der Waals surface area contributed by atoms with Crippen LogP contribution in [0.15, 0.2) is 45.6 Å². The molecule has 2 rings (SSSR count). The summed E-state index contributed by atoms with van der Waals surface area (Å²) >= 11 is 3.99. The van der Waals surface area contributed by atoms with Crippen molar-refractivity contribution in [3.05, 3.63) is 41.6 Å². The zero-order valence-corrected chi connectivity index (χ0v) is 9.70. The van der Waals surface area contributed by atoms with Crippen LogP contribution in [0.2, 0.25) is 0 Å². The Morgan fingerprint density at radius 2 is 2.06 bits per heavy atom. The fraction of sp³-hybridized carbons (Fsp3) is 0.182. The van der Waals surface area contributed by atoms with Crippen LogP contribution in [0.3, 0.4) is 0 Å². The highest BCUT2D eigenvalue weighted by Gasteiger charge is 2.56. The molecule has 3 nitrogen and oxygen atoms in total. The Bertz CT molecular complexity index is 572. The standard InChI is InChI=1S/C11H6F3N3S/c12-11(13,14)10(3-4-16-17-10)8-2-1-7(6-15)9(18)5-8/h1-5,18H. The van der Waals surface area contributed by atoms with E-state index in [-0.39, 0.29) is 16.0 Å². The van der Waals surface area contributed by atoms with Crippen molar-refractivity contribution in [1.82, 2.24) is 0 Å². The molecule has 0 aliphatic carbocycles. The Balaban J connectivity index is 2.60. The number of halogens is 3. The maximum Gasteiger partial charge on any atom is 0.423 e. The molecule has 0 saturated carbocycles. The van der Waals surface area contributed by atoms with Crippen LogP contribution in [0.4, 0.5) is 13.2 Å². The number of alkyl halides is 3. The molecule has 92 valence electrons. The first-order valence-corrected chi connectivity index (χ1v) is 5.25. The van der Waals surface area contributed by atoms with Gasteiger partial charge in [-0.3, -0.25) is 0 Å². The van der Waals surface area contributed by atoms with E-state index in [1.54, 1.807) is 0 Å². The molecule has 0 spiro atoms. The van der Waals surface area contributed by atoms with Gasteiger partial charge in [-0.2, -0.15) is 28.7 Å². The van der Waals surface area contributed by atoms with Gasteiger partial charge >= 0.3 is 6.18 Å². The molecule has 1 aromatic rings. The number of nitrogens with zero attached hydrogens (tertiary/aromatic N) is 3. The molecule has 18 heavy (non-hydrogen) atoms. The highest BCUT2D eigenvalue weighted by molar-refractivity contribution is 7.80. The molecule has 1 aliphatic heterocycles. The number of nitriles is 1. The summed E-state index contributed by atoms with van der Waals surface area (Å²) in [5, 5.41) is 15.3. The molecule has 0 radical (unpaired) electrons. The molecule has 0 N–H and O–H groups in total. The maximum atomic E-state index is 13.1. The quantitative estimate of drug-likeness (QED) is 0.778. The van der Waals surface area contributed by atoms with Gasteiger partial charge < -0.3 is 0 Å². The largest absolute Gasteiger partial charge is 0.423 e. The summed E-state index contributed by atoms with van der Waals surface area (Å²) in [5.41, 5.74) is -2.38. The summed E-state index contributed by atoms with van der Waals surface area (Å²) < 4.78 is 39.4. The van der Waals surface area contributed by atoms with E-state index in [0.717, 1.165) is 12.3 Å². The van der Waals surface area contributed by atoms with E-state index in [2.05, 4.69) is 22.9 Å². The van der Waals surface area contributed by atoms with Crippen LogP contribution in [0.5, 0.6) is 0 Å². The van der Waals surface area contributed by atoms with E-state index in [0.29, 0.717) is 0 Å². The van der Waals surface area contributed by atoms with Crippen molar-refractivity contribution >= 4 is 12.6 Å².